The predicted molar refractivity (Wildman–Crippen MR) is 127 cm³/mol. The highest BCUT2D eigenvalue weighted by Gasteiger charge is 2.16. The van der Waals surface area contributed by atoms with E-state index in [9.17, 15) is 9.36 Å². The van der Waals surface area contributed by atoms with Crippen LogP contribution in [-0.4, -0.2) is 41.5 Å². The number of carbonyl (C=O) groups is 1. The molecule has 2 heterocycles. The Hall–Kier alpha value is -3.44. The Morgan fingerprint density at radius 3 is 2.58 bits per heavy atom. The summed E-state index contributed by atoms with van der Waals surface area (Å²) in [6, 6.07) is 15.1. The Bertz CT molecular complexity index is 1340. The highest BCUT2D eigenvalue weighted by molar-refractivity contribution is 7.70. The van der Waals surface area contributed by atoms with Crippen molar-refractivity contribution in [1.82, 2.24) is 15.2 Å². The van der Waals surface area contributed by atoms with Crippen LogP contribution in [0, 0.1) is 6.92 Å². The first-order valence-electron chi connectivity index (χ1n) is 9.86. The molecule has 7 nitrogen and oxygen atoms in total. The molecule has 0 saturated carbocycles. The van der Waals surface area contributed by atoms with Crippen LogP contribution in [0.25, 0.3) is 22.2 Å². The minimum Gasteiger partial charge on any atom is -0.387 e. The van der Waals surface area contributed by atoms with Crippen molar-refractivity contribution in [3.8, 4) is 11.3 Å². The SMILES string of the molecule is CNc1cnc(C(=O)Nc2ccc3[nH]nc(-c4cccc(P(C)(C)=O)c4)c3c2)c(C)c1. The number of hydrogen-bond acceptors (Lipinski definition) is 5. The number of fused-ring (bicyclic) bond motifs is 1. The van der Waals surface area contributed by atoms with Crippen molar-refractivity contribution in [3.63, 3.8) is 0 Å². The topological polar surface area (TPSA) is 99.8 Å². The fourth-order valence-corrected chi connectivity index (χ4v) is 4.33. The summed E-state index contributed by atoms with van der Waals surface area (Å²) in [7, 11) is -0.578. The second kappa shape index (κ2) is 8.00. The van der Waals surface area contributed by atoms with Crippen molar-refractivity contribution in [1.29, 1.82) is 0 Å². The number of amides is 1. The zero-order chi connectivity index (χ0) is 22.2. The van der Waals surface area contributed by atoms with Gasteiger partial charge >= 0.3 is 0 Å². The van der Waals surface area contributed by atoms with Gasteiger partial charge in [-0.25, -0.2) is 4.98 Å². The smallest absolute Gasteiger partial charge is 0.274 e. The molecule has 31 heavy (non-hydrogen) atoms. The van der Waals surface area contributed by atoms with Gasteiger partial charge in [-0.2, -0.15) is 5.10 Å². The number of nitrogens with one attached hydrogen (secondary N) is 3. The number of aryl methyl sites for hydroxylation is 1. The molecule has 0 saturated heterocycles. The van der Waals surface area contributed by atoms with E-state index in [1.165, 1.54) is 0 Å². The fourth-order valence-electron chi connectivity index (χ4n) is 3.44. The lowest BCUT2D eigenvalue weighted by Crippen LogP contribution is -2.15. The van der Waals surface area contributed by atoms with E-state index in [1.54, 1.807) is 19.5 Å². The van der Waals surface area contributed by atoms with Gasteiger partial charge in [-0.05, 0) is 56.1 Å². The van der Waals surface area contributed by atoms with Crippen molar-refractivity contribution in [2.45, 2.75) is 6.92 Å². The van der Waals surface area contributed by atoms with Crippen molar-refractivity contribution < 1.29 is 9.36 Å². The zero-order valence-electron chi connectivity index (χ0n) is 17.9. The number of rotatable bonds is 5. The zero-order valence-corrected chi connectivity index (χ0v) is 18.7. The van der Waals surface area contributed by atoms with Gasteiger partial charge in [-0.1, -0.05) is 18.2 Å². The summed E-state index contributed by atoms with van der Waals surface area (Å²) in [5.41, 5.74) is 5.12. The molecule has 4 aromatic rings. The van der Waals surface area contributed by atoms with Crippen molar-refractivity contribution >= 4 is 40.6 Å². The molecule has 2 aromatic heterocycles. The largest absolute Gasteiger partial charge is 0.387 e. The number of anilines is 2. The van der Waals surface area contributed by atoms with E-state index in [0.717, 1.165) is 38.7 Å². The predicted octanol–water partition coefficient (Wildman–Crippen LogP) is 4.48. The standard InChI is InChI=1S/C23H24N5O2P/c1-14-10-17(24-2)13-25-21(14)23(29)26-16-8-9-20-19(12-16)22(28-27-20)15-6-5-7-18(11-15)31(3,4)30/h5-13,24H,1-4H3,(H,26,29)(H,27,28). The maximum Gasteiger partial charge on any atom is 0.274 e. The van der Waals surface area contributed by atoms with Gasteiger partial charge in [-0.3, -0.25) is 9.89 Å². The number of nitrogens with zero attached hydrogens (tertiary/aromatic N) is 2. The average molecular weight is 433 g/mol. The van der Waals surface area contributed by atoms with Gasteiger partial charge in [0.25, 0.3) is 5.91 Å². The third-order valence-corrected chi connectivity index (χ3v) is 6.67. The first-order valence-corrected chi connectivity index (χ1v) is 12.5. The molecular formula is C23H24N5O2P. The number of aromatic nitrogens is 3. The van der Waals surface area contributed by atoms with Crippen LogP contribution >= 0.6 is 7.14 Å². The summed E-state index contributed by atoms with van der Waals surface area (Å²) in [5.74, 6) is -0.274. The second-order valence-corrected chi connectivity index (χ2v) is 11.0. The second-order valence-electron chi connectivity index (χ2n) is 7.83. The van der Waals surface area contributed by atoms with Crippen LogP contribution in [0.2, 0.25) is 0 Å². The van der Waals surface area contributed by atoms with Crippen molar-refractivity contribution in [2.75, 3.05) is 31.0 Å². The Labute approximate surface area is 180 Å². The Morgan fingerprint density at radius 2 is 1.87 bits per heavy atom. The van der Waals surface area contributed by atoms with E-state index >= 15 is 0 Å². The molecule has 0 aliphatic rings. The van der Waals surface area contributed by atoms with E-state index in [1.807, 2.05) is 62.5 Å². The number of H-pyrrole nitrogens is 1. The Morgan fingerprint density at radius 1 is 1.06 bits per heavy atom. The Kier molecular flexibility index (Phi) is 5.38. The lowest BCUT2D eigenvalue weighted by molar-refractivity contribution is 0.102. The number of aromatic amines is 1. The molecule has 0 aliphatic heterocycles. The summed E-state index contributed by atoms with van der Waals surface area (Å²) >= 11 is 0. The van der Waals surface area contributed by atoms with Crippen molar-refractivity contribution in [2.24, 2.45) is 0 Å². The monoisotopic (exact) mass is 433 g/mol. The lowest BCUT2D eigenvalue weighted by Gasteiger charge is -2.10. The fraction of sp³-hybridized carbons (Fsp3) is 0.174. The number of carbonyl (C=O) groups excluding carboxylic acids is 1. The van der Waals surface area contributed by atoms with E-state index in [0.29, 0.717) is 11.4 Å². The Balaban J connectivity index is 1.68. The summed E-state index contributed by atoms with van der Waals surface area (Å²) in [6.07, 6.45) is 1.63. The van der Waals surface area contributed by atoms with E-state index in [2.05, 4.69) is 25.8 Å². The molecule has 0 atom stereocenters. The van der Waals surface area contributed by atoms with Gasteiger partial charge in [-0.15, -0.1) is 0 Å². The molecule has 0 bridgehead atoms. The first kappa shape index (κ1) is 20.8. The normalized spacial score (nSPS) is 11.5. The van der Waals surface area contributed by atoms with Gasteiger partial charge in [0, 0.05) is 29.0 Å². The molecule has 3 N–H and O–H groups in total. The summed E-state index contributed by atoms with van der Waals surface area (Å²) < 4.78 is 12.5. The molecule has 158 valence electrons. The molecule has 0 unspecified atom stereocenters. The minimum atomic E-state index is -2.39. The van der Waals surface area contributed by atoms with Gasteiger partial charge in [0.1, 0.15) is 12.8 Å². The number of benzene rings is 2. The van der Waals surface area contributed by atoms with Gasteiger partial charge in [0.05, 0.1) is 23.1 Å². The van der Waals surface area contributed by atoms with Gasteiger partial charge < -0.3 is 15.2 Å². The van der Waals surface area contributed by atoms with Crippen LogP contribution in [0.15, 0.2) is 54.7 Å². The third-order valence-electron chi connectivity index (χ3n) is 5.14. The maximum atomic E-state index is 12.8. The number of pyridine rings is 1. The summed E-state index contributed by atoms with van der Waals surface area (Å²) in [6.45, 7) is 5.36. The first-order chi connectivity index (χ1) is 14.8. The number of hydrogen-bond donors (Lipinski definition) is 3. The maximum absolute atomic E-state index is 12.8. The molecule has 4 rings (SSSR count). The molecule has 0 radical (unpaired) electrons. The van der Waals surface area contributed by atoms with Crippen LogP contribution in [0.3, 0.4) is 0 Å². The molecular weight excluding hydrogens is 409 g/mol. The summed E-state index contributed by atoms with van der Waals surface area (Å²) in [5, 5.41) is 15.1. The van der Waals surface area contributed by atoms with Crippen molar-refractivity contribution in [3.05, 3.63) is 66.0 Å². The minimum absolute atomic E-state index is 0.274. The highest BCUT2D eigenvalue weighted by atomic mass is 31.2. The van der Waals surface area contributed by atoms with Crippen LogP contribution in [-0.2, 0) is 4.57 Å². The van der Waals surface area contributed by atoms with Crippen LogP contribution in [0.5, 0.6) is 0 Å². The molecule has 8 heteroatoms. The average Bonchev–Trinajstić information content (AvgIpc) is 3.16. The van der Waals surface area contributed by atoms with Crippen LogP contribution < -0.4 is 15.9 Å². The van der Waals surface area contributed by atoms with Gasteiger partial charge in [0.15, 0.2) is 0 Å². The molecule has 2 aromatic carbocycles. The molecule has 0 spiro atoms. The third kappa shape index (κ3) is 4.23. The molecule has 0 fully saturated rings. The molecule has 0 aliphatic carbocycles. The van der Waals surface area contributed by atoms with Gasteiger partial charge in [0.2, 0.25) is 0 Å². The highest BCUT2D eigenvalue weighted by Crippen LogP contribution is 2.36. The quantitative estimate of drug-likeness (QED) is 0.403. The molecule has 1 amide bonds. The summed E-state index contributed by atoms with van der Waals surface area (Å²) in [4.78, 5) is 17.0. The van der Waals surface area contributed by atoms with Crippen LogP contribution in [0.4, 0.5) is 11.4 Å². The van der Waals surface area contributed by atoms with E-state index in [4.69, 9.17) is 0 Å². The lowest BCUT2D eigenvalue weighted by atomic mass is 10.1. The van der Waals surface area contributed by atoms with Crippen LogP contribution in [0.1, 0.15) is 16.1 Å². The van der Waals surface area contributed by atoms with E-state index in [-0.39, 0.29) is 5.91 Å². The van der Waals surface area contributed by atoms with E-state index < -0.39 is 7.14 Å².